The van der Waals surface area contributed by atoms with E-state index in [1.807, 2.05) is 0 Å². The van der Waals surface area contributed by atoms with Crippen LogP contribution < -0.4 is 0 Å². The number of carbonyl (C=O) groups excluding carboxylic acids is 4. The van der Waals surface area contributed by atoms with Crippen molar-refractivity contribution in [2.75, 3.05) is 39.6 Å². The molecule has 0 aromatic heterocycles. The zero-order valence-corrected chi connectivity index (χ0v) is 59.4. The van der Waals surface area contributed by atoms with Crippen LogP contribution in [0, 0.1) is 5.92 Å². The van der Waals surface area contributed by atoms with Crippen LogP contribution in [0.25, 0.3) is 0 Å². The van der Waals surface area contributed by atoms with Gasteiger partial charge in [-0.2, -0.15) is 0 Å². The van der Waals surface area contributed by atoms with Gasteiger partial charge in [0.1, 0.15) is 19.3 Å². The number of unbranched alkanes of at least 4 members (excludes halogenated alkanes) is 41. The Morgan fingerprint density at radius 2 is 0.539 bits per heavy atom. The van der Waals surface area contributed by atoms with Crippen molar-refractivity contribution in [3.8, 4) is 0 Å². The maximum absolute atomic E-state index is 13.0. The normalized spacial score (nSPS) is 14.4. The molecule has 17 nitrogen and oxygen atoms in total. The molecule has 3 unspecified atom stereocenters. The van der Waals surface area contributed by atoms with E-state index in [0.717, 1.165) is 95.8 Å². The number of ether oxygens (including phenoxy) is 4. The van der Waals surface area contributed by atoms with Crippen LogP contribution in [0.3, 0.4) is 0 Å². The molecule has 0 bridgehead atoms. The van der Waals surface area contributed by atoms with Gasteiger partial charge in [-0.1, -0.05) is 311 Å². The SMILES string of the molecule is CCCCCCCCCCCCCCCCCCC(=O)O[C@H](COC(=O)CCCCCCCCCCCCCCCC)COP(=O)(O)OC[C@@H](O)COP(=O)(O)OC[C@@H](COC(=O)CCCCCCCCCCC)OC(=O)CCCCCCCCC(C)CC. The number of phosphoric ester groups is 2. The van der Waals surface area contributed by atoms with Gasteiger partial charge in [-0.05, 0) is 31.6 Å². The molecule has 89 heavy (non-hydrogen) atoms. The van der Waals surface area contributed by atoms with E-state index in [2.05, 4.69) is 34.6 Å². The lowest BCUT2D eigenvalue weighted by atomic mass is 10.00. The first-order valence-corrected chi connectivity index (χ1v) is 39.7. The third-order valence-electron chi connectivity index (χ3n) is 16.6. The molecule has 0 aromatic carbocycles. The molecule has 0 radical (unpaired) electrons. The first-order chi connectivity index (χ1) is 43.1. The fraction of sp³-hybridized carbons (Fsp3) is 0.943. The van der Waals surface area contributed by atoms with Gasteiger partial charge in [0.15, 0.2) is 12.2 Å². The highest BCUT2D eigenvalue weighted by Gasteiger charge is 2.30. The monoisotopic (exact) mass is 1310 g/mol. The fourth-order valence-electron chi connectivity index (χ4n) is 10.6. The van der Waals surface area contributed by atoms with Crippen LogP contribution in [0.4, 0.5) is 0 Å². The van der Waals surface area contributed by atoms with E-state index in [1.165, 1.54) is 186 Å². The molecule has 0 heterocycles. The van der Waals surface area contributed by atoms with E-state index in [4.69, 9.17) is 37.0 Å². The van der Waals surface area contributed by atoms with Crippen LogP contribution in [0.1, 0.15) is 362 Å². The third-order valence-corrected chi connectivity index (χ3v) is 18.5. The smallest absolute Gasteiger partial charge is 0.462 e. The number of aliphatic hydroxyl groups excluding tert-OH is 1. The van der Waals surface area contributed by atoms with Crippen LogP contribution in [-0.2, 0) is 65.4 Å². The largest absolute Gasteiger partial charge is 0.472 e. The Labute approximate surface area is 543 Å². The van der Waals surface area contributed by atoms with Gasteiger partial charge in [-0.3, -0.25) is 37.3 Å². The van der Waals surface area contributed by atoms with Crippen molar-refractivity contribution in [2.45, 2.75) is 380 Å². The van der Waals surface area contributed by atoms with Crippen molar-refractivity contribution in [2.24, 2.45) is 5.92 Å². The minimum Gasteiger partial charge on any atom is -0.462 e. The molecule has 0 aliphatic heterocycles. The predicted octanol–water partition coefficient (Wildman–Crippen LogP) is 20.1. The Hall–Kier alpha value is -1.94. The summed E-state index contributed by atoms with van der Waals surface area (Å²) in [6.45, 7) is 7.19. The fourth-order valence-corrected chi connectivity index (χ4v) is 12.2. The minimum atomic E-state index is -4.95. The van der Waals surface area contributed by atoms with Crippen molar-refractivity contribution in [3.05, 3.63) is 0 Å². The Bertz CT molecular complexity index is 1720. The molecule has 0 amide bonds. The van der Waals surface area contributed by atoms with Gasteiger partial charge in [-0.15, -0.1) is 0 Å². The summed E-state index contributed by atoms with van der Waals surface area (Å²) < 4.78 is 68.2. The van der Waals surface area contributed by atoms with Crippen LogP contribution in [0.15, 0.2) is 0 Å². The summed E-state index contributed by atoms with van der Waals surface area (Å²) in [5, 5.41) is 10.6. The molecule has 0 aromatic rings. The topological polar surface area (TPSA) is 237 Å². The first-order valence-electron chi connectivity index (χ1n) is 36.7. The molecular weight excluding hydrogens is 1170 g/mol. The standard InChI is InChI=1S/C70H136O17P2/c1-6-10-13-16-19-22-24-26-28-29-31-33-36-39-45-50-55-69(74)86-65(59-81-68(73)54-49-44-38-35-32-30-27-25-23-20-17-14-11-7-2)61-84-88(76,77)82-57-64(71)58-83-89(78,79)85-62-66(60-80-67(72)53-48-43-37-34-21-18-15-12-8-3)87-70(75)56-51-46-41-40-42-47-52-63(5)9-4/h63-66,71H,6-62H2,1-5H3,(H,76,77)(H,78,79)/t63?,64-,65-,66-/m1/s1. The maximum Gasteiger partial charge on any atom is 0.472 e. The average Bonchev–Trinajstić information content (AvgIpc) is 3.65. The molecule has 0 aliphatic rings. The summed E-state index contributed by atoms with van der Waals surface area (Å²) in [5.41, 5.74) is 0. The zero-order chi connectivity index (χ0) is 65.6. The highest BCUT2D eigenvalue weighted by Crippen LogP contribution is 2.45. The van der Waals surface area contributed by atoms with Crippen molar-refractivity contribution in [1.29, 1.82) is 0 Å². The van der Waals surface area contributed by atoms with E-state index in [9.17, 15) is 43.2 Å². The molecule has 0 fully saturated rings. The molecule has 528 valence electrons. The number of hydrogen-bond acceptors (Lipinski definition) is 15. The number of hydrogen-bond donors (Lipinski definition) is 3. The van der Waals surface area contributed by atoms with E-state index < -0.39 is 97.5 Å². The van der Waals surface area contributed by atoms with Gasteiger partial charge < -0.3 is 33.8 Å². The highest BCUT2D eigenvalue weighted by molar-refractivity contribution is 7.47. The van der Waals surface area contributed by atoms with E-state index in [0.29, 0.717) is 25.7 Å². The number of aliphatic hydroxyl groups is 1. The van der Waals surface area contributed by atoms with Crippen LogP contribution >= 0.6 is 15.6 Å². The molecule has 0 saturated heterocycles. The Kier molecular flexibility index (Phi) is 62.1. The molecule has 19 heteroatoms. The summed E-state index contributed by atoms with van der Waals surface area (Å²) in [6, 6.07) is 0. The van der Waals surface area contributed by atoms with Gasteiger partial charge in [0.2, 0.25) is 0 Å². The van der Waals surface area contributed by atoms with E-state index >= 15 is 0 Å². The van der Waals surface area contributed by atoms with E-state index in [-0.39, 0.29) is 25.7 Å². The summed E-state index contributed by atoms with van der Waals surface area (Å²) in [7, 11) is -9.90. The lowest BCUT2D eigenvalue weighted by Crippen LogP contribution is -2.30. The number of esters is 4. The molecule has 0 saturated carbocycles. The van der Waals surface area contributed by atoms with Crippen molar-refractivity contribution >= 4 is 39.5 Å². The zero-order valence-electron chi connectivity index (χ0n) is 57.6. The molecule has 3 N–H and O–H groups in total. The van der Waals surface area contributed by atoms with Gasteiger partial charge in [0, 0.05) is 25.7 Å². The van der Waals surface area contributed by atoms with Crippen LogP contribution in [0.5, 0.6) is 0 Å². The second-order valence-electron chi connectivity index (χ2n) is 25.5. The number of rotatable bonds is 70. The van der Waals surface area contributed by atoms with Gasteiger partial charge >= 0.3 is 39.5 Å². The predicted molar refractivity (Wildman–Crippen MR) is 358 cm³/mol. The summed E-state index contributed by atoms with van der Waals surface area (Å²) in [4.78, 5) is 72.5. The maximum atomic E-state index is 13.0. The van der Waals surface area contributed by atoms with Crippen molar-refractivity contribution in [1.82, 2.24) is 0 Å². The minimum absolute atomic E-state index is 0.103. The van der Waals surface area contributed by atoms with E-state index in [1.54, 1.807) is 0 Å². The molecule has 0 rings (SSSR count). The molecule has 6 atom stereocenters. The Morgan fingerprint density at radius 3 is 0.798 bits per heavy atom. The summed E-state index contributed by atoms with van der Waals surface area (Å²) in [5.74, 6) is -1.40. The quantitative estimate of drug-likeness (QED) is 0.0222. The van der Waals surface area contributed by atoms with Crippen LogP contribution in [-0.4, -0.2) is 96.7 Å². The molecular formula is C70H136O17P2. The molecule has 0 aliphatic carbocycles. The van der Waals surface area contributed by atoms with Gasteiger partial charge in [0.25, 0.3) is 0 Å². The second-order valence-corrected chi connectivity index (χ2v) is 28.4. The average molecular weight is 1310 g/mol. The van der Waals surface area contributed by atoms with Gasteiger partial charge in [0.05, 0.1) is 26.4 Å². The Balaban J connectivity index is 5.23. The summed E-state index contributed by atoms with van der Waals surface area (Å²) in [6.07, 6.45) is 49.9. The number of phosphoric acid groups is 2. The van der Waals surface area contributed by atoms with Crippen molar-refractivity contribution < 1.29 is 80.2 Å². The third kappa shape index (κ3) is 63.2. The van der Waals surface area contributed by atoms with Crippen molar-refractivity contribution in [3.63, 3.8) is 0 Å². The summed E-state index contributed by atoms with van der Waals surface area (Å²) >= 11 is 0. The van der Waals surface area contributed by atoms with Crippen LogP contribution in [0.2, 0.25) is 0 Å². The highest BCUT2D eigenvalue weighted by atomic mass is 31.2. The molecule has 0 spiro atoms. The van der Waals surface area contributed by atoms with Gasteiger partial charge in [-0.25, -0.2) is 9.13 Å². The Morgan fingerprint density at radius 1 is 0.315 bits per heavy atom. The number of carbonyl (C=O) groups is 4. The lowest BCUT2D eigenvalue weighted by Gasteiger charge is -2.21. The lowest BCUT2D eigenvalue weighted by molar-refractivity contribution is -0.161. The first kappa shape index (κ1) is 87.1. The second kappa shape index (κ2) is 63.5.